The lowest BCUT2D eigenvalue weighted by Gasteiger charge is -2.34. The Balaban J connectivity index is 1.59. The maximum absolute atomic E-state index is 10.5. The molecule has 1 heterocycles. The molecule has 7 atom stereocenters. The summed E-state index contributed by atoms with van der Waals surface area (Å²) in [5.41, 5.74) is 2.90. The first-order valence-corrected chi connectivity index (χ1v) is 14.5. The lowest BCUT2D eigenvalue weighted by molar-refractivity contribution is -0.217. The molecule has 1 aliphatic rings. The molecule has 0 unspecified atom stereocenters. The molecule has 9 heteroatoms. The molecule has 0 spiro atoms. The molecule has 9 nitrogen and oxygen atoms in total. The molecule has 0 radical (unpaired) electrons. The number of hydrogen-bond acceptors (Lipinski definition) is 9. The zero-order valence-electron chi connectivity index (χ0n) is 24.2. The van der Waals surface area contributed by atoms with Crippen molar-refractivity contribution in [1.29, 1.82) is 0 Å². The zero-order chi connectivity index (χ0) is 30.3. The molecule has 0 bridgehead atoms. The summed E-state index contributed by atoms with van der Waals surface area (Å²) >= 11 is 0. The molecular weight excluding hydrogens is 552 g/mol. The van der Waals surface area contributed by atoms with Crippen molar-refractivity contribution in [2.75, 3.05) is 26.4 Å². The Morgan fingerprint density at radius 2 is 1.19 bits per heavy atom. The smallest absolute Gasteiger partial charge is 0.186 e. The monoisotopic (exact) mass is 594 g/mol. The summed E-state index contributed by atoms with van der Waals surface area (Å²) in [7, 11) is 0. The Kier molecular flexibility index (Phi) is 13.8. The van der Waals surface area contributed by atoms with E-state index in [1.54, 1.807) is 6.08 Å². The second-order valence-electron chi connectivity index (χ2n) is 10.3. The van der Waals surface area contributed by atoms with E-state index in [0.29, 0.717) is 13.2 Å². The summed E-state index contributed by atoms with van der Waals surface area (Å²) in [5, 5.41) is 30.3. The van der Waals surface area contributed by atoms with E-state index in [1.165, 1.54) is 0 Å². The number of rotatable bonds is 19. The quantitative estimate of drug-likeness (QED) is 0.142. The highest BCUT2D eigenvalue weighted by molar-refractivity contribution is 5.15. The number of ether oxygens (including phenoxy) is 6. The van der Waals surface area contributed by atoms with Gasteiger partial charge < -0.3 is 43.7 Å². The van der Waals surface area contributed by atoms with Crippen molar-refractivity contribution in [2.45, 2.75) is 62.7 Å². The van der Waals surface area contributed by atoms with Crippen LogP contribution in [0.2, 0.25) is 0 Å². The third-order valence-corrected chi connectivity index (χ3v) is 7.07. The second-order valence-corrected chi connectivity index (χ2v) is 10.3. The first kappa shape index (κ1) is 32.9. The standard InChI is InChI=1S/C34H42O9/c1-2-18-38-23-29(39-20-25-12-6-3-7-13-25)33(41-22-27-16-10-5-11-17-27)30(40-21-26-14-8-4-9-15-26)24-42-34-32(37)31(36)28(19-35)43-34/h2-17,28-37H,1,18-24H2/t28-,29-,30+,31-,32-,33-,34-/m1/s1. The van der Waals surface area contributed by atoms with Gasteiger partial charge in [0.25, 0.3) is 0 Å². The first-order chi connectivity index (χ1) is 21.1. The fraction of sp³-hybridized carbons (Fsp3) is 0.412. The molecule has 0 saturated carbocycles. The molecule has 0 aromatic heterocycles. The van der Waals surface area contributed by atoms with Gasteiger partial charge in [0, 0.05) is 0 Å². The molecule has 3 aromatic rings. The van der Waals surface area contributed by atoms with Crippen molar-refractivity contribution in [3.8, 4) is 0 Å². The molecule has 0 aliphatic carbocycles. The van der Waals surface area contributed by atoms with Crippen molar-refractivity contribution < 1.29 is 43.7 Å². The van der Waals surface area contributed by atoms with Gasteiger partial charge >= 0.3 is 0 Å². The van der Waals surface area contributed by atoms with Crippen molar-refractivity contribution in [3.05, 3.63) is 120 Å². The van der Waals surface area contributed by atoms with Gasteiger partial charge in [-0.15, -0.1) is 6.58 Å². The van der Waals surface area contributed by atoms with Crippen LogP contribution in [0.4, 0.5) is 0 Å². The zero-order valence-corrected chi connectivity index (χ0v) is 24.2. The van der Waals surface area contributed by atoms with Gasteiger partial charge in [-0.25, -0.2) is 0 Å². The molecule has 232 valence electrons. The minimum atomic E-state index is -1.34. The predicted molar refractivity (Wildman–Crippen MR) is 160 cm³/mol. The molecule has 1 fully saturated rings. The lowest BCUT2D eigenvalue weighted by Crippen LogP contribution is -2.48. The number of benzene rings is 3. The van der Waals surface area contributed by atoms with Gasteiger partial charge in [-0.1, -0.05) is 97.1 Å². The normalized spacial score (nSPS) is 22.2. The van der Waals surface area contributed by atoms with Gasteiger partial charge in [0.05, 0.1) is 46.2 Å². The lowest BCUT2D eigenvalue weighted by atomic mass is 10.1. The summed E-state index contributed by atoms with van der Waals surface area (Å²) in [6, 6.07) is 29.3. The van der Waals surface area contributed by atoms with Crippen LogP contribution in [0.15, 0.2) is 104 Å². The highest BCUT2D eigenvalue weighted by atomic mass is 16.7. The van der Waals surface area contributed by atoms with E-state index < -0.39 is 49.5 Å². The van der Waals surface area contributed by atoms with Crippen molar-refractivity contribution in [2.24, 2.45) is 0 Å². The highest BCUT2D eigenvalue weighted by Crippen LogP contribution is 2.25. The van der Waals surface area contributed by atoms with Crippen LogP contribution >= 0.6 is 0 Å². The van der Waals surface area contributed by atoms with Gasteiger partial charge in [-0.3, -0.25) is 0 Å². The molecule has 4 rings (SSSR count). The Morgan fingerprint density at radius 3 is 1.65 bits per heavy atom. The summed E-state index contributed by atoms with van der Waals surface area (Å²) in [5.74, 6) is 0. The number of hydrogen-bond donors (Lipinski definition) is 3. The second kappa shape index (κ2) is 18.0. The minimum absolute atomic E-state index is 0.0639. The van der Waals surface area contributed by atoms with Gasteiger partial charge in [0.1, 0.15) is 36.6 Å². The van der Waals surface area contributed by atoms with Crippen molar-refractivity contribution in [1.82, 2.24) is 0 Å². The predicted octanol–water partition coefficient (Wildman–Crippen LogP) is 3.40. The molecule has 3 aromatic carbocycles. The van der Waals surface area contributed by atoms with E-state index in [4.69, 9.17) is 28.4 Å². The van der Waals surface area contributed by atoms with Gasteiger partial charge in [0.15, 0.2) is 6.29 Å². The summed E-state index contributed by atoms with van der Waals surface area (Å²) < 4.78 is 36.8. The van der Waals surface area contributed by atoms with Crippen LogP contribution < -0.4 is 0 Å². The van der Waals surface area contributed by atoms with Gasteiger partial charge in [-0.05, 0) is 16.7 Å². The van der Waals surface area contributed by atoms with E-state index in [-0.39, 0.29) is 26.4 Å². The Labute approximate surface area is 253 Å². The van der Waals surface area contributed by atoms with E-state index in [0.717, 1.165) is 16.7 Å². The molecule has 3 N–H and O–H groups in total. The Hall–Kier alpha value is -2.96. The largest absolute Gasteiger partial charge is 0.394 e. The summed E-state index contributed by atoms with van der Waals surface area (Å²) in [6.07, 6.45) is -5.04. The van der Waals surface area contributed by atoms with Crippen LogP contribution in [-0.4, -0.2) is 84.7 Å². The number of aliphatic hydroxyl groups is 3. The van der Waals surface area contributed by atoms with Crippen LogP contribution in [0.1, 0.15) is 16.7 Å². The van der Waals surface area contributed by atoms with Crippen LogP contribution in [0.5, 0.6) is 0 Å². The van der Waals surface area contributed by atoms with Crippen LogP contribution in [0, 0.1) is 0 Å². The topological polar surface area (TPSA) is 116 Å². The molecule has 1 saturated heterocycles. The molecule has 0 amide bonds. The average Bonchev–Trinajstić information content (AvgIpc) is 3.33. The summed E-state index contributed by atoms with van der Waals surface area (Å²) in [6.45, 7) is 4.60. The number of aliphatic hydroxyl groups excluding tert-OH is 3. The van der Waals surface area contributed by atoms with Crippen molar-refractivity contribution in [3.63, 3.8) is 0 Å². The minimum Gasteiger partial charge on any atom is -0.394 e. The van der Waals surface area contributed by atoms with Gasteiger partial charge in [-0.2, -0.15) is 0 Å². The first-order valence-electron chi connectivity index (χ1n) is 14.5. The van der Waals surface area contributed by atoms with Crippen molar-refractivity contribution >= 4 is 0 Å². The van der Waals surface area contributed by atoms with Crippen LogP contribution in [0.3, 0.4) is 0 Å². The molecular formula is C34H42O9. The van der Waals surface area contributed by atoms with Crippen LogP contribution in [-0.2, 0) is 48.2 Å². The van der Waals surface area contributed by atoms with E-state index >= 15 is 0 Å². The maximum atomic E-state index is 10.5. The Bertz CT molecular complexity index is 1160. The van der Waals surface area contributed by atoms with E-state index in [2.05, 4.69) is 6.58 Å². The maximum Gasteiger partial charge on any atom is 0.186 e. The third kappa shape index (κ3) is 10.3. The fourth-order valence-electron chi connectivity index (χ4n) is 4.71. The average molecular weight is 595 g/mol. The summed E-state index contributed by atoms with van der Waals surface area (Å²) in [4.78, 5) is 0. The molecule has 1 aliphatic heterocycles. The highest BCUT2D eigenvalue weighted by Gasteiger charge is 2.44. The fourth-order valence-corrected chi connectivity index (χ4v) is 4.71. The van der Waals surface area contributed by atoms with Gasteiger partial charge in [0.2, 0.25) is 0 Å². The van der Waals surface area contributed by atoms with E-state index in [9.17, 15) is 15.3 Å². The van der Waals surface area contributed by atoms with Crippen LogP contribution in [0.25, 0.3) is 0 Å². The third-order valence-electron chi connectivity index (χ3n) is 7.07. The Morgan fingerprint density at radius 1 is 0.698 bits per heavy atom. The molecule has 43 heavy (non-hydrogen) atoms. The SMILES string of the molecule is C=CCOC[C@@H](OCc1ccccc1)[C@@H](OCc1ccccc1)[C@H](CO[C@@H]1O[C@H](CO)[C@@H](O)[C@H]1O)OCc1ccccc1. The van der Waals surface area contributed by atoms with E-state index in [1.807, 2.05) is 91.0 Å².